The quantitative estimate of drug-likeness (QED) is 0.263. The summed E-state index contributed by atoms with van der Waals surface area (Å²) < 4.78 is 4.72. The lowest BCUT2D eigenvalue weighted by atomic mass is 10.5. The number of rotatable bonds is 5. The molecule has 0 radical (unpaired) electrons. The first-order valence-corrected chi connectivity index (χ1v) is 5.01. The number of nitrogens with one attached hydrogen (secondary N) is 2. The molecule has 2 amide bonds. The zero-order chi connectivity index (χ0) is 14.3. The van der Waals surface area contributed by atoms with E-state index < -0.39 is 22.6 Å². The van der Waals surface area contributed by atoms with Gasteiger partial charge in [0.05, 0.1) is 18.9 Å². The Morgan fingerprint density at radius 2 is 2.21 bits per heavy atom. The highest BCUT2D eigenvalue weighted by atomic mass is 16.6. The average molecular weight is 270 g/mol. The molecule has 0 aliphatic heterocycles. The number of aliphatic hydroxyl groups is 1. The van der Waals surface area contributed by atoms with Gasteiger partial charge in [-0.25, -0.2) is 5.43 Å². The first-order valence-electron chi connectivity index (χ1n) is 5.01. The van der Waals surface area contributed by atoms with Gasteiger partial charge in [-0.05, 0) is 6.07 Å². The maximum atomic E-state index is 11.1. The van der Waals surface area contributed by atoms with E-state index in [0.29, 0.717) is 0 Å². The van der Waals surface area contributed by atoms with Gasteiger partial charge in [-0.2, -0.15) is 5.10 Å². The third kappa shape index (κ3) is 4.55. The highest BCUT2D eigenvalue weighted by molar-refractivity contribution is 6.35. The minimum atomic E-state index is -1.04. The molecule has 1 heterocycles. The summed E-state index contributed by atoms with van der Waals surface area (Å²) in [7, 11) is 0. The number of carbonyl (C=O) groups excluding carboxylic acids is 2. The van der Waals surface area contributed by atoms with Gasteiger partial charge in [0.2, 0.25) is 0 Å². The molecule has 0 aliphatic rings. The molecule has 1 rings (SSSR count). The van der Waals surface area contributed by atoms with E-state index in [2.05, 4.69) is 10.4 Å². The first-order chi connectivity index (χ1) is 9.04. The summed E-state index contributed by atoms with van der Waals surface area (Å²) in [6.45, 7) is -0.349. The standard InChI is InChI=1S/C9H10N4O6/c14-4-3-10-8(15)9(16)12-11-5-6-1-2-7(19-6)13(17)18/h1-2,5,14H,3-4H2,(H,10,15)(H,12,16). The van der Waals surface area contributed by atoms with Crippen molar-refractivity contribution in [2.24, 2.45) is 5.10 Å². The highest BCUT2D eigenvalue weighted by Gasteiger charge is 2.12. The van der Waals surface area contributed by atoms with Crippen molar-refractivity contribution in [2.45, 2.75) is 0 Å². The molecule has 0 aromatic carbocycles. The second-order valence-electron chi connectivity index (χ2n) is 3.11. The molecule has 19 heavy (non-hydrogen) atoms. The number of carbonyl (C=O) groups is 2. The van der Waals surface area contributed by atoms with Gasteiger partial charge in [-0.3, -0.25) is 19.7 Å². The lowest BCUT2D eigenvalue weighted by Gasteiger charge is -2.00. The summed E-state index contributed by atoms with van der Waals surface area (Å²) in [5, 5.41) is 24.2. The number of hydrazone groups is 1. The Morgan fingerprint density at radius 1 is 1.47 bits per heavy atom. The van der Waals surface area contributed by atoms with Crippen molar-refractivity contribution in [2.75, 3.05) is 13.2 Å². The third-order valence-corrected chi connectivity index (χ3v) is 1.75. The van der Waals surface area contributed by atoms with Crippen LogP contribution in [0.1, 0.15) is 5.76 Å². The van der Waals surface area contributed by atoms with Crippen LogP contribution in [0.5, 0.6) is 0 Å². The Morgan fingerprint density at radius 3 is 2.79 bits per heavy atom. The molecule has 0 saturated heterocycles. The predicted molar refractivity (Wildman–Crippen MR) is 61.2 cm³/mol. The van der Waals surface area contributed by atoms with Crippen molar-refractivity contribution >= 4 is 23.9 Å². The SMILES string of the molecule is O=C(NCCO)C(=O)NN=Cc1ccc([N+](=O)[O-])o1. The van der Waals surface area contributed by atoms with Gasteiger partial charge in [0.1, 0.15) is 4.92 Å². The molecule has 0 bridgehead atoms. The summed E-state index contributed by atoms with van der Waals surface area (Å²) in [5.74, 6) is -2.42. The van der Waals surface area contributed by atoms with Crippen molar-refractivity contribution in [3.8, 4) is 0 Å². The van der Waals surface area contributed by atoms with Crippen LogP contribution in [0.2, 0.25) is 0 Å². The van der Waals surface area contributed by atoms with Crippen LogP contribution < -0.4 is 10.7 Å². The summed E-state index contributed by atoms with van der Waals surface area (Å²) in [4.78, 5) is 31.7. The number of hydrogen-bond donors (Lipinski definition) is 3. The minimum absolute atomic E-state index is 0.0442. The second kappa shape index (κ2) is 6.86. The van der Waals surface area contributed by atoms with E-state index >= 15 is 0 Å². The molecule has 1 aromatic heterocycles. The van der Waals surface area contributed by atoms with E-state index in [1.165, 1.54) is 6.07 Å². The van der Waals surface area contributed by atoms with Crippen LogP contribution in [0.25, 0.3) is 0 Å². The van der Waals surface area contributed by atoms with Gasteiger partial charge >= 0.3 is 17.7 Å². The molecule has 0 unspecified atom stereocenters. The Balaban J connectivity index is 2.46. The number of hydrogen-bond acceptors (Lipinski definition) is 7. The van der Waals surface area contributed by atoms with Crippen LogP contribution >= 0.6 is 0 Å². The smallest absolute Gasteiger partial charge is 0.400 e. The van der Waals surface area contributed by atoms with Gasteiger partial charge in [-0.1, -0.05) is 0 Å². The number of furan rings is 1. The van der Waals surface area contributed by atoms with E-state index in [1.807, 2.05) is 5.43 Å². The van der Waals surface area contributed by atoms with Gasteiger partial charge in [0.15, 0.2) is 5.76 Å². The largest absolute Gasteiger partial charge is 0.433 e. The Kier molecular flexibility index (Phi) is 5.17. The average Bonchev–Trinajstić information content (AvgIpc) is 2.84. The molecular weight excluding hydrogens is 260 g/mol. The third-order valence-electron chi connectivity index (χ3n) is 1.75. The van der Waals surface area contributed by atoms with Gasteiger partial charge in [-0.15, -0.1) is 0 Å². The second-order valence-corrected chi connectivity index (χ2v) is 3.11. The molecule has 0 aliphatic carbocycles. The summed E-state index contributed by atoms with van der Waals surface area (Å²) in [5.41, 5.74) is 1.89. The number of amides is 2. The van der Waals surface area contributed by atoms with E-state index in [-0.39, 0.29) is 18.9 Å². The molecule has 1 aromatic rings. The molecule has 3 N–H and O–H groups in total. The fourth-order valence-corrected chi connectivity index (χ4v) is 0.965. The molecule has 0 saturated carbocycles. The first kappa shape index (κ1) is 14.3. The van der Waals surface area contributed by atoms with Crippen LogP contribution in [-0.2, 0) is 9.59 Å². The zero-order valence-corrected chi connectivity index (χ0v) is 9.53. The fourth-order valence-electron chi connectivity index (χ4n) is 0.965. The van der Waals surface area contributed by atoms with Crippen LogP contribution in [0.4, 0.5) is 5.88 Å². The maximum Gasteiger partial charge on any atom is 0.433 e. The summed E-state index contributed by atoms with van der Waals surface area (Å²) >= 11 is 0. The van der Waals surface area contributed by atoms with E-state index in [9.17, 15) is 19.7 Å². The normalized spacial score (nSPS) is 10.4. The number of nitrogens with zero attached hydrogens (tertiary/aromatic N) is 2. The number of nitro groups is 1. The predicted octanol–water partition coefficient (Wildman–Crippen LogP) is -1.25. The molecule has 10 nitrogen and oxygen atoms in total. The number of aliphatic hydroxyl groups excluding tert-OH is 1. The van der Waals surface area contributed by atoms with Crippen molar-refractivity contribution in [1.29, 1.82) is 0 Å². The maximum absolute atomic E-state index is 11.1. The van der Waals surface area contributed by atoms with E-state index in [1.54, 1.807) is 0 Å². The fraction of sp³-hybridized carbons (Fsp3) is 0.222. The Labute approximate surface area is 106 Å². The highest BCUT2D eigenvalue weighted by Crippen LogP contribution is 2.13. The van der Waals surface area contributed by atoms with Crippen LogP contribution in [-0.4, -0.2) is 41.2 Å². The molecule has 0 atom stereocenters. The summed E-state index contributed by atoms with van der Waals surface area (Å²) in [6.07, 6.45) is 1.00. The van der Waals surface area contributed by atoms with Crippen LogP contribution in [0.15, 0.2) is 21.7 Å². The van der Waals surface area contributed by atoms with Crippen molar-refractivity contribution in [1.82, 2.24) is 10.7 Å². The van der Waals surface area contributed by atoms with Crippen LogP contribution in [0, 0.1) is 10.1 Å². The lowest BCUT2D eigenvalue weighted by molar-refractivity contribution is -0.402. The Bertz CT molecular complexity index is 509. The molecular formula is C9H10N4O6. The van der Waals surface area contributed by atoms with Crippen molar-refractivity contribution in [3.05, 3.63) is 28.0 Å². The van der Waals surface area contributed by atoms with E-state index in [4.69, 9.17) is 9.52 Å². The monoisotopic (exact) mass is 270 g/mol. The molecule has 10 heteroatoms. The molecule has 102 valence electrons. The van der Waals surface area contributed by atoms with Gasteiger partial charge in [0.25, 0.3) is 0 Å². The van der Waals surface area contributed by atoms with Crippen molar-refractivity contribution in [3.63, 3.8) is 0 Å². The molecule has 0 spiro atoms. The van der Waals surface area contributed by atoms with Gasteiger partial charge < -0.3 is 14.8 Å². The Hall–Kier alpha value is -2.75. The van der Waals surface area contributed by atoms with E-state index in [0.717, 1.165) is 12.3 Å². The van der Waals surface area contributed by atoms with Crippen LogP contribution in [0.3, 0.4) is 0 Å². The lowest BCUT2D eigenvalue weighted by Crippen LogP contribution is -2.39. The summed E-state index contributed by atoms with van der Waals surface area (Å²) in [6, 6.07) is 2.40. The zero-order valence-electron chi connectivity index (χ0n) is 9.53. The minimum Gasteiger partial charge on any atom is -0.400 e. The molecule has 0 fully saturated rings. The van der Waals surface area contributed by atoms with Gasteiger partial charge in [0, 0.05) is 6.54 Å². The van der Waals surface area contributed by atoms with Crippen molar-refractivity contribution < 1.29 is 24.0 Å². The topological polar surface area (TPSA) is 147 Å².